The summed E-state index contributed by atoms with van der Waals surface area (Å²) in [5.74, 6) is 1.50. The SMILES string of the molecule is Brc1ccccc1-c1ccc(/C=N\[N-]c2nn[nH]n2)o1. The van der Waals surface area contributed by atoms with E-state index in [0.717, 1.165) is 15.8 Å². The summed E-state index contributed by atoms with van der Waals surface area (Å²) in [7, 11) is 0. The lowest BCUT2D eigenvalue weighted by molar-refractivity contribution is 0.575. The summed E-state index contributed by atoms with van der Waals surface area (Å²) in [6.45, 7) is 0. The van der Waals surface area contributed by atoms with Crippen LogP contribution in [0.15, 0.2) is 50.4 Å². The number of hydrogen-bond acceptors (Lipinski definition) is 5. The molecule has 2 heterocycles. The second-order valence-electron chi connectivity index (χ2n) is 3.74. The molecule has 0 saturated heterocycles. The van der Waals surface area contributed by atoms with Gasteiger partial charge in [-0.3, -0.25) is 20.8 Å². The number of halogens is 1. The number of H-pyrrole nitrogens is 1. The lowest BCUT2D eigenvalue weighted by Gasteiger charge is -1.99. The summed E-state index contributed by atoms with van der Waals surface area (Å²) in [6.07, 6.45) is 1.48. The standard InChI is InChI=1S/C12H8BrN6O/c13-10-4-2-1-3-9(10)11-6-5-8(20-11)7-14-15-12-16-18-19-17-12/h1-7H,(H-,15,16,17,18,19)/q-1/b14-7-. The Hall–Kier alpha value is -2.48. The molecule has 0 aliphatic rings. The number of nitrogens with one attached hydrogen (secondary N) is 1. The van der Waals surface area contributed by atoms with E-state index in [0.29, 0.717) is 5.76 Å². The van der Waals surface area contributed by atoms with Gasteiger partial charge >= 0.3 is 0 Å². The van der Waals surface area contributed by atoms with Crippen LogP contribution >= 0.6 is 15.9 Å². The van der Waals surface area contributed by atoms with E-state index in [4.69, 9.17) is 4.42 Å². The van der Waals surface area contributed by atoms with Crippen LogP contribution in [0.2, 0.25) is 0 Å². The van der Waals surface area contributed by atoms with Crippen molar-refractivity contribution < 1.29 is 4.42 Å². The Kier molecular flexibility index (Phi) is 3.55. The predicted molar refractivity (Wildman–Crippen MR) is 76.6 cm³/mol. The molecule has 0 bridgehead atoms. The molecule has 0 amide bonds. The Balaban J connectivity index is 1.74. The summed E-state index contributed by atoms with van der Waals surface area (Å²) < 4.78 is 6.63. The molecule has 0 aliphatic heterocycles. The highest BCUT2D eigenvalue weighted by molar-refractivity contribution is 9.10. The van der Waals surface area contributed by atoms with E-state index in [2.05, 4.69) is 47.1 Å². The average Bonchev–Trinajstić information content (AvgIpc) is 3.11. The Bertz CT molecular complexity index is 721. The molecule has 0 fully saturated rings. The van der Waals surface area contributed by atoms with Gasteiger partial charge in [-0.1, -0.05) is 34.1 Å². The largest absolute Gasteiger partial charge is 0.455 e. The van der Waals surface area contributed by atoms with E-state index >= 15 is 0 Å². The van der Waals surface area contributed by atoms with E-state index in [1.54, 1.807) is 0 Å². The van der Waals surface area contributed by atoms with Gasteiger partial charge in [-0.15, -0.1) is 5.21 Å². The molecule has 0 aliphatic carbocycles. The first-order valence-corrected chi connectivity index (χ1v) is 6.44. The average molecular weight is 332 g/mol. The summed E-state index contributed by atoms with van der Waals surface area (Å²) in [5, 5.41) is 16.8. The molecule has 0 unspecified atom stereocenters. The fourth-order valence-electron chi connectivity index (χ4n) is 1.56. The van der Waals surface area contributed by atoms with Gasteiger partial charge in [-0.25, -0.2) is 5.10 Å². The van der Waals surface area contributed by atoms with Crippen molar-refractivity contribution in [2.75, 3.05) is 0 Å². The monoisotopic (exact) mass is 331 g/mol. The lowest BCUT2D eigenvalue weighted by atomic mass is 10.2. The van der Waals surface area contributed by atoms with Gasteiger partial charge < -0.3 is 4.42 Å². The molecule has 0 spiro atoms. The van der Waals surface area contributed by atoms with Crippen molar-refractivity contribution in [3.63, 3.8) is 0 Å². The van der Waals surface area contributed by atoms with E-state index in [1.165, 1.54) is 6.21 Å². The van der Waals surface area contributed by atoms with Crippen molar-refractivity contribution in [3.05, 3.63) is 52.1 Å². The number of aromatic nitrogens is 4. The Morgan fingerprint density at radius 2 is 2.15 bits per heavy atom. The van der Waals surface area contributed by atoms with Crippen LogP contribution < -0.4 is 0 Å². The number of aromatic amines is 1. The number of benzene rings is 1. The van der Waals surface area contributed by atoms with Crippen LogP contribution in [0.5, 0.6) is 0 Å². The molecule has 3 rings (SSSR count). The topological polar surface area (TPSA) is 94.1 Å². The van der Waals surface area contributed by atoms with E-state index in [9.17, 15) is 0 Å². The summed E-state index contributed by atoms with van der Waals surface area (Å²) in [4.78, 5) is 0. The minimum Gasteiger partial charge on any atom is -0.455 e. The zero-order valence-corrected chi connectivity index (χ0v) is 11.6. The second kappa shape index (κ2) is 5.66. The van der Waals surface area contributed by atoms with Crippen LogP contribution in [-0.4, -0.2) is 26.8 Å². The molecule has 0 atom stereocenters. The third-order valence-corrected chi connectivity index (χ3v) is 3.12. The molecule has 0 saturated carbocycles. The van der Waals surface area contributed by atoms with Crippen molar-refractivity contribution in [3.8, 4) is 11.3 Å². The molecule has 3 aromatic rings. The van der Waals surface area contributed by atoms with Gasteiger partial charge in [0.05, 0.1) is 12.2 Å². The Labute approximate surface area is 122 Å². The zero-order valence-electron chi connectivity index (χ0n) is 10.1. The van der Waals surface area contributed by atoms with Gasteiger partial charge in [0.15, 0.2) is 0 Å². The highest BCUT2D eigenvalue weighted by Crippen LogP contribution is 2.29. The molecule has 1 N–H and O–H groups in total. The second-order valence-corrected chi connectivity index (χ2v) is 4.59. The minimum absolute atomic E-state index is 0.166. The molecule has 100 valence electrons. The first-order valence-electron chi connectivity index (χ1n) is 5.65. The van der Waals surface area contributed by atoms with Crippen molar-refractivity contribution in [1.29, 1.82) is 0 Å². The summed E-state index contributed by atoms with van der Waals surface area (Å²) in [5.41, 5.74) is 4.72. The number of rotatable bonds is 4. The fourth-order valence-corrected chi connectivity index (χ4v) is 2.04. The lowest BCUT2D eigenvalue weighted by Crippen LogP contribution is -1.77. The number of furan rings is 1. The normalized spacial score (nSPS) is 11.1. The minimum atomic E-state index is 0.166. The number of nitrogens with zero attached hydrogens (tertiary/aromatic N) is 5. The first kappa shape index (κ1) is 12.5. The smallest absolute Gasteiger partial charge is 0.146 e. The number of hydrogen-bond donors (Lipinski definition) is 1. The molecule has 0 radical (unpaired) electrons. The summed E-state index contributed by atoms with van der Waals surface area (Å²) in [6, 6.07) is 11.5. The van der Waals surface area contributed by atoms with Gasteiger partial charge in [0, 0.05) is 10.0 Å². The van der Waals surface area contributed by atoms with Crippen molar-refractivity contribution in [2.45, 2.75) is 0 Å². The van der Waals surface area contributed by atoms with Crippen LogP contribution in [0.3, 0.4) is 0 Å². The highest BCUT2D eigenvalue weighted by atomic mass is 79.9. The molecule has 2 aromatic heterocycles. The maximum absolute atomic E-state index is 5.67. The van der Waals surface area contributed by atoms with Crippen molar-refractivity contribution >= 4 is 28.1 Å². The predicted octanol–water partition coefficient (Wildman–Crippen LogP) is 3.26. The fraction of sp³-hybridized carbons (Fsp3) is 0. The summed E-state index contributed by atoms with van der Waals surface area (Å²) >= 11 is 3.48. The van der Waals surface area contributed by atoms with Gasteiger partial charge in [0.2, 0.25) is 0 Å². The molecule has 20 heavy (non-hydrogen) atoms. The van der Waals surface area contributed by atoms with Crippen LogP contribution in [0, 0.1) is 0 Å². The first-order chi connectivity index (χ1) is 9.83. The van der Waals surface area contributed by atoms with Crippen LogP contribution in [0.4, 0.5) is 5.95 Å². The molecule has 1 aromatic carbocycles. The molecular formula is C12H8BrN6O-. The van der Waals surface area contributed by atoms with Gasteiger partial charge in [0.25, 0.3) is 0 Å². The van der Waals surface area contributed by atoms with Crippen LogP contribution in [-0.2, 0) is 0 Å². The van der Waals surface area contributed by atoms with Crippen molar-refractivity contribution in [1.82, 2.24) is 20.6 Å². The number of tetrazole rings is 1. The Morgan fingerprint density at radius 3 is 2.95 bits per heavy atom. The molecule has 8 heteroatoms. The van der Waals surface area contributed by atoms with Crippen LogP contribution in [0.25, 0.3) is 16.7 Å². The maximum atomic E-state index is 5.67. The van der Waals surface area contributed by atoms with E-state index in [1.807, 2.05) is 36.4 Å². The zero-order chi connectivity index (χ0) is 13.8. The van der Waals surface area contributed by atoms with Gasteiger partial charge in [-0.2, -0.15) is 0 Å². The third kappa shape index (κ3) is 2.75. The van der Waals surface area contributed by atoms with E-state index in [-0.39, 0.29) is 5.95 Å². The molecular weight excluding hydrogens is 324 g/mol. The van der Waals surface area contributed by atoms with Crippen molar-refractivity contribution in [2.24, 2.45) is 5.10 Å². The van der Waals surface area contributed by atoms with Crippen LogP contribution in [0.1, 0.15) is 5.76 Å². The van der Waals surface area contributed by atoms with Gasteiger partial charge in [-0.05, 0) is 18.2 Å². The molecule has 7 nitrogen and oxygen atoms in total. The Morgan fingerprint density at radius 1 is 1.25 bits per heavy atom. The highest BCUT2D eigenvalue weighted by Gasteiger charge is 2.06. The quantitative estimate of drug-likeness (QED) is 0.586. The van der Waals surface area contributed by atoms with Gasteiger partial charge in [0.1, 0.15) is 11.5 Å². The third-order valence-electron chi connectivity index (χ3n) is 2.43. The maximum Gasteiger partial charge on any atom is 0.146 e. The van der Waals surface area contributed by atoms with E-state index < -0.39 is 0 Å².